The highest BCUT2D eigenvalue weighted by molar-refractivity contribution is 7.89. The number of hydrogen-bond acceptors (Lipinski definition) is 5. The molecule has 1 aromatic heterocycles. The minimum Gasteiger partial charge on any atom is -0.267 e. The third-order valence-electron chi connectivity index (χ3n) is 4.87. The number of nitrogens with two attached hydrogens (primary N) is 1. The lowest BCUT2D eigenvalue weighted by atomic mass is 9.92. The fraction of sp³-hybridized carbons (Fsp3) is 0.318. The van der Waals surface area contributed by atoms with E-state index in [0.29, 0.717) is 18.7 Å². The van der Waals surface area contributed by atoms with Crippen molar-refractivity contribution < 1.29 is 16.8 Å². The van der Waals surface area contributed by atoms with Crippen LogP contribution >= 0.6 is 0 Å². The third-order valence-corrected chi connectivity index (χ3v) is 7.26. The Labute approximate surface area is 189 Å². The number of sulfonamides is 2. The first-order valence-corrected chi connectivity index (χ1v) is 13.1. The zero-order chi connectivity index (χ0) is 23.6. The van der Waals surface area contributed by atoms with Crippen molar-refractivity contribution in [1.82, 2.24) is 14.5 Å². The average Bonchev–Trinajstić information content (AvgIpc) is 3.14. The van der Waals surface area contributed by atoms with Crippen molar-refractivity contribution in [2.45, 2.75) is 48.9 Å². The van der Waals surface area contributed by atoms with Crippen LogP contribution in [-0.2, 0) is 38.4 Å². The number of nitrogens with zero attached hydrogens (tertiary/aromatic N) is 2. The van der Waals surface area contributed by atoms with Crippen molar-refractivity contribution in [2.24, 2.45) is 5.14 Å². The molecule has 0 unspecified atom stereocenters. The zero-order valence-corrected chi connectivity index (χ0v) is 19.9. The van der Waals surface area contributed by atoms with E-state index in [-0.39, 0.29) is 16.3 Å². The van der Waals surface area contributed by atoms with Crippen LogP contribution in [0.5, 0.6) is 0 Å². The van der Waals surface area contributed by atoms with Crippen LogP contribution in [-0.4, -0.2) is 33.2 Å². The largest absolute Gasteiger partial charge is 0.267 e. The van der Waals surface area contributed by atoms with Gasteiger partial charge in [-0.15, -0.1) is 0 Å². The highest BCUT2D eigenvalue weighted by Crippen LogP contribution is 2.28. The SMILES string of the molecule is CC(C)(C)c1nn(Cc2ccccc2)cc1S(=O)(=O)NCCc1ccc(S(N)(=O)=O)cc1. The van der Waals surface area contributed by atoms with Crippen molar-refractivity contribution >= 4 is 20.0 Å². The lowest BCUT2D eigenvalue weighted by Crippen LogP contribution is -2.28. The Balaban J connectivity index is 1.76. The molecule has 0 spiro atoms. The monoisotopic (exact) mass is 476 g/mol. The van der Waals surface area contributed by atoms with E-state index in [1.807, 2.05) is 51.1 Å². The Morgan fingerprint density at radius 2 is 1.56 bits per heavy atom. The molecule has 8 nitrogen and oxygen atoms in total. The van der Waals surface area contributed by atoms with Gasteiger partial charge in [-0.3, -0.25) is 4.68 Å². The maximum absolute atomic E-state index is 13.1. The summed E-state index contributed by atoms with van der Waals surface area (Å²) >= 11 is 0. The maximum atomic E-state index is 13.1. The average molecular weight is 477 g/mol. The summed E-state index contributed by atoms with van der Waals surface area (Å²) in [5, 5.41) is 9.67. The number of aromatic nitrogens is 2. The molecule has 3 N–H and O–H groups in total. The van der Waals surface area contributed by atoms with E-state index in [9.17, 15) is 16.8 Å². The molecule has 0 amide bonds. The van der Waals surface area contributed by atoms with E-state index >= 15 is 0 Å². The third kappa shape index (κ3) is 6.04. The van der Waals surface area contributed by atoms with Gasteiger partial charge in [-0.05, 0) is 29.7 Å². The number of rotatable bonds is 8. The van der Waals surface area contributed by atoms with Gasteiger partial charge in [0.2, 0.25) is 20.0 Å². The highest BCUT2D eigenvalue weighted by atomic mass is 32.2. The summed E-state index contributed by atoms with van der Waals surface area (Å²) in [4.78, 5) is 0.174. The summed E-state index contributed by atoms with van der Waals surface area (Å²) in [5.41, 5.74) is 1.85. The summed E-state index contributed by atoms with van der Waals surface area (Å²) in [6.07, 6.45) is 1.96. The normalized spacial score (nSPS) is 12.8. The molecule has 172 valence electrons. The lowest BCUT2D eigenvalue weighted by Gasteiger charge is -2.17. The van der Waals surface area contributed by atoms with E-state index < -0.39 is 25.5 Å². The van der Waals surface area contributed by atoms with Crippen LogP contribution in [0.4, 0.5) is 0 Å². The molecule has 2 aromatic carbocycles. The van der Waals surface area contributed by atoms with Gasteiger partial charge in [0.05, 0.1) is 17.1 Å². The van der Waals surface area contributed by atoms with E-state index in [4.69, 9.17) is 5.14 Å². The Hall–Kier alpha value is -2.53. The number of hydrogen-bond donors (Lipinski definition) is 2. The van der Waals surface area contributed by atoms with Gasteiger partial charge < -0.3 is 0 Å². The van der Waals surface area contributed by atoms with Crippen LogP contribution in [0.3, 0.4) is 0 Å². The van der Waals surface area contributed by atoms with E-state index in [2.05, 4.69) is 9.82 Å². The predicted molar refractivity (Wildman–Crippen MR) is 123 cm³/mol. The van der Waals surface area contributed by atoms with Gasteiger partial charge in [-0.25, -0.2) is 26.7 Å². The smallest absolute Gasteiger partial charge is 0.244 e. The summed E-state index contributed by atoms with van der Waals surface area (Å²) in [6, 6.07) is 15.8. The molecule has 0 aliphatic heterocycles. The number of benzene rings is 2. The first-order valence-electron chi connectivity index (χ1n) is 10.1. The van der Waals surface area contributed by atoms with Crippen molar-refractivity contribution in [1.29, 1.82) is 0 Å². The molecule has 0 saturated heterocycles. The van der Waals surface area contributed by atoms with Gasteiger partial charge in [-0.2, -0.15) is 5.10 Å². The minimum atomic E-state index is -3.80. The van der Waals surface area contributed by atoms with Crippen LogP contribution in [0.25, 0.3) is 0 Å². The van der Waals surface area contributed by atoms with Gasteiger partial charge in [0.1, 0.15) is 4.90 Å². The summed E-state index contributed by atoms with van der Waals surface area (Å²) < 4.78 is 53.2. The van der Waals surface area contributed by atoms with Crippen molar-refractivity contribution in [3.8, 4) is 0 Å². The molecule has 0 saturated carbocycles. The minimum absolute atomic E-state index is 0.0162. The van der Waals surface area contributed by atoms with Gasteiger partial charge in [0.25, 0.3) is 0 Å². The molecular formula is C22H28N4O4S2. The Morgan fingerprint density at radius 1 is 0.938 bits per heavy atom. The Bertz CT molecular complexity index is 1280. The Kier molecular flexibility index (Phi) is 6.89. The first-order chi connectivity index (χ1) is 14.9. The highest BCUT2D eigenvalue weighted by Gasteiger charge is 2.29. The predicted octanol–water partition coefficient (Wildman–Crippen LogP) is 2.40. The van der Waals surface area contributed by atoms with Crippen molar-refractivity contribution in [2.75, 3.05) is 6.54 Å². The van der Waals surface area contributed by atoms with Crippen LogP contribution in [0, 0.1) is 0 Å². The van der Waals surface area contributed by atoms with Gasteiger partial charge >= 0.3 is 0 Å². The molecule has 0 atom stereocenters. The van der Waals surface area contributed by atoms with E-state index in [0.717, 1.165) is 11.1 Å². The molecule has 3 rings (SSSR count). The fourth-order valence-corrected chi connectivity index (χ4v) is 5.13. The molecule has 1 heterocycles. The van der Waals surface area contributed by atoms with E-state index in [1.165, 1.54) is 12.1 Å². The van der Waals surface area contributed by atoms with Crippen LogP contribution in [0.2, 0.25) is 0 Å². The quantitative estimate of drug-likeness (QED) is 0.517. The number of nitrogens with one attached hydrogen (secondary N) is 1. The van der Waals surface area contributed by atoms with Crippen molar-refractivity contribution in [3.05, 3.63) is 77.6 Å². The molecule has 32 heavy (non-hydrogen) atoms. The topological polar surface area (TPSA) is 124 Å². The van der Waals surface area contributed by atoms with Crippen LogP contribution in [0.15, 0.2) is 70.6 Å². The second-order valence-corrected chi connectivity index (χ2v) is 11.9. The zero-order valence-electron chi connectivity index (χ0n) is 18.3. The first kappa shape index (κ1) is 24.1. The molecule has 0 fully saturated rings. The van der Waals surface area contributed by atoms with Crippen LogP contribution in [0.1, 0.15) is 37.6 Å². The molecule has 0 bridgehead atoms. The van der Waals surface area contributed by atoms with E-state index in [1.54, 1.807) is 23.0 Å². The van der Waals surface area contributed by atoms with Gasteiger partial charge in [0, 0.05) is 18.2 Å². The fourth-order valence-electron chi connectivity index (χ4n) is 3.22. The summed E-state index contributed by atoms with van der Waals surface area (Å²) in [6.45, 7) is 6.40. The molecule has 0 radical (unpaired) electrons. The summed E-state index contributed by atoms with van der Waals surface area (Å²) in [5.74, 6) is 0. The van der Waals surface area contributed by atoms with Gasteiger partial charge in [-0.1, -0.05) is 63.2 Å². The standard InChI is InChI=1S/C22H28N4O4S2/c1-22(2,3)21-20(16-26(25-21)15-18-7-5-4-6-8-18)32(29,30)24-14-13-17-9-11-19(12-10-17)31(23,27)28/h4-12,16,24H,13-15H2,1-3H3,(H2,23,27,28). The Morgan fingerprint density at radius 3 is 2.12 bits per heavy atom. The molecule has 10 heteroatoms. The molecule has 0 aliphatic rings. The summed E-state index contributed by atoms with van der Waals surface area (Å²) in [7, 11) is -7.56. The lowest BCUT2D eigenvalue weighted by molar-refractivity contribution is 0.531. The van der Waals surface area contributed by atoms with Gasteiger partial charge in [0.15, 0.2) is 0 Å². The molecular weight excluding hydrogens is 448 g/mol. The molecule has 3 aromatic rings. The second kappa shape index (κ2) is 9.14. The van der Waals surface area contributed by atoms with Crippen molar-refractivity contribution in [3.63, 3.8) is 0 Å². The molecule has 0 aliphatic carbocycles. The maximum Gasteiger partial charge on any atom is 0.244 e. The van der Waals surface area contributed by atoms with Crippen LogP contribution < -0.4 is 9.86 Å². The number of primary sulfonamides is 1. The second-order valence-electron chi connectivity index (χ2n) is 8.61.